The average molecular weight is 382 g/mol. The molecule has 2 atom stereocenters. The van der Waals surface area contributed by atoms with Gasteiger partial charge in [-0.25, -0.2) is 5.43 Å². The molecule has 8 nitrogen and oxygen atoms in total. The van der Waals surface area contributed by atoms with E-state index < -0.39 is 16.9 Å². The van der Waals surface area contributed by atoms with E-state index in [4.69, 9.17) is 0 Å². The van der Waals surface area contributed by atoms with Crippen molar-refractivity contribution in [1.29, 1.82) is 0 Å². The molecule has 146 valence electrons. The van der Waals surface area contributed by atoms with Gasteiger partial charge in [-0.15, -0.1) is 0 Å². The molecule has 2 amide bonds. The second kappa shape index (κ2) is 9.96. The predicted octanol–water partition coefficient (Wildman–Crippen LogP) is 2.89. The van der Waals surface area contributed by atoms with Gasteiger partial charge < -0.3 is 5.32 Å². The number of non-ortho nitro benzene ring substituents is 1. The summed E-state index contributed by atoms with van der Waals surface area (Å²) in [5, 5.41) is 17.3. The molecule has 2 aromatic carbocycles. The molecule has 0 aliphatic carbocycles. The zero-order valence-electron chi connectivity index (χ0n) is 15.7. The minimum Gasteiger partial charge on any atom is -0.340 e. The summed E-state index contributed by atoms with van der Waals surface area (Å²) in [6.07, 6.45) is 2.08. The molecule has 0 radical (unpaired) electrons. The van der Waals surface area contributed by atoms with Gasteiger partial charge >= 0.3 is 0 Å². The van der Waals surface area contributed by atoms with E-state index in [1.165, 1.54) is 30.5 Å². The molecule has 0 fully saturated rings. The number of hydrogen-bond acceptors (Lipinski definition) is 5. The van der Waals surface area contributed by atoms with Gasteiger partial charge in [0.2, 0.25) is 0 Å². The van der Waals surface area contributed by atoms with Crippen molar-refractivity contribution in [1.82, 2.24) is 10.7 Å². The van der Waals surface area contributed by atoms with E-state index in [0.717, 1.165) is 0 Å². The Kier molecular flexibility index (Phi) is 7.38. The van der Waals surface area contributed by atoms with Crippen LogP contribution in [-0.4, -0.2) is 29.0 Å². The molecule has 0 bridgehead atoms. The van der Waals surface area contributed by atoms with E-state index in [1.54, 1.807) is 24.3 Å². The van der Waals surface area contributed by atoms with E-state index in [9.17, 15) is 19.7 Å². The van der Waals surface area contributed by atoms with Crippen LogP contribution in [0.1, 0.15) is 36.2 Å². The molecule has 0 aliphatic heterocycles. The zero-order valence-corrected chi connectivity index (χ0v) is 15.7. The van der Waals surface area contributed by atoms with Gasteiger partial charge in [0, 0.05) is 17.7 Å². The van der Waals surface area contributed by atoms with Crippen molar-refractivity contribution < 1.29 is 14.5 Å². The number of rotatable bonds is 8. The third-order valence-corrected chi connectivity index (χ3v) is 4.31. The van der Waals surface area contributed by atoms with Gasteiger partial charge in [-0.1, -0.05) is 38.5 Å². The Bertz CT molecular complexity index is 850. The Morgan fingerprint density at radius 3 is 2.36 bits per heavy atom. The summed E-state index contributed by atoms with van der Waals surface area (Å²) in [5.74, 6) is -0.862. The molecule has 0 saturated carbocycles. The molecule has 2 aromatic rings. The minimum atomic E-state index is -0.744. The van der Waals surface area contributed by atoms with Gasteiger partial charge in [0.1, 0.15) is 6.04 Å². The number of benzene rings is 2. The number of nitrogens with zero attached hydrogens (tertiary/aromatic N) is 2. The van der Waals surface area contributed by atoms with Gasteiger partial charge in [0.25, 0.3) is 17.5 Å². The molecule has 2 unspecified atom stereocenters. The van der Waals surface area contributed by atoms with Crippen LogP contribution in [0.3, 0.4) is 0 Å². The topological polar surface area (TPSA) is 114 Å². The number of carbonyl (C=O) groups excluding carboxylic acids is 2. The second-order valence-corrected chi connectivity index (χ2v) is 6.29. The first-order valence-electron chi connectivity index (χ1n) is 8.85. The van der Waals surface area contributed by atoms with E-state index in [-0.39, 0.29) is 17.5 Å². The van der Waals surface area contributed by atoms with Crippen molar-refractivity contribution >= 4 is 23.7 Å². The van der Waals surface area contributed by atoms with Crippen LogP contribution in [0.5, 0.6) is 0 Å². The highest BCUT2D eigenvalue weighted by atomic mass is 16.6. The number of nitro groups is 1. The van der Waals surface area contributed by atoms with Crippen LogP contribution in [0.2, 0.25) is 0 Å². The van der Waals surface area contributed by atoms with Gasteiger partial charge in [-0.05, 0) is 35.7 Å². The first-order valence-corrected chi connectivity index (χ1v) is 8.85. The van der Waals surface area contributed by atoms with Crippen molar-refractivity contribution in [3.63, 3.8) is 0 Å². The number of nitrogens with one attached hydrogen (secondary N) is 2. The average Bonchev–Trinajstić information content (AvgIpc) is 2.72. The van der Waals surface area contributed by atoms with E-state index in [2.05, 4.69) is 15.8 Å². The van der Waals surface area contributed by atoms with Gasteiger partial charge in [-0.3, -0.25) is 19.7 Å². The largest absolute Gasteiger partial charge is 0.340 e. The summed E-state index contributed by atoms with van der Waals surface area (Å²) in [4.78, 5) is 35.1. The zero-order chi connectivity index (χ0) is 20.5. The Labute approximate surface area is 162 Å². The van der Waals surface area contributed by atoms with Crippen molar-refractivity contribution in [3.8, 4) is 0 Å². The monoisotopic (exact) mass is 382 g/mol. The molecular formula is C20H22N4O4. The number of amides is 2. The van der Waals surface area contributed by atoms with Crippen molar-refractivity contribution in [3.05, 3.63) is 75.8 Å². The fourth-order valence-electron chi connectivity index (χ4n) is 2.44. The maximum absolute atomic E-state index is 12.5. The lowest BCUT2D eigenvalue weighted by Gasteiger charge is -2.22. The standard InChI is InChI=1S/C20H22N4O4/c1-3-14(2)18(22-19(25)16-7-5-4-6-8-16)20(26)23-21-13-15-9-11-17(12-10-15)24(27)28/h4-14,18H,3H2,1-2H3,(H,22,25)(H,23,26)/b21-13+. The van der Waals surface area contributed by atoms with E-state index >= 15 is 0 Å². The number of hydrogen-bond donors (Lipinski definition) is 2. The fraction of sp³-hybridized carbons (Fsp3) is 0.250. The normalized spacial score (nSPS) is 12.9. The first-order chi connectivity index (χ1) is 13.4. The van der Waals surface area contributed by atoms with Crippen LogP contribution < -0.4 is 10.7 Å². The summed E-state index contributed by atoms with van der Waals surface area (Å²) in [6.45, 7) is 3.80. The summed E-state index contributed by atoms with van der Waals surface area (Å²) < 4.78 is 0. The summed E-state index contributed by atoms with van der Waals surface area (Å²) in [5.41, 5.74) is 3.46. The number of carbonyl (C=O) groups is 2. The molecule has 0 saturated heterocycles. The molecule has 8 heteroatoms. The molecule has 0 spiro atoms. The smallest absolute Gasteiger partial charge is 0.269 e. The molecule has 2 N–H and O–H groups in total. The lowest BCUT2D eigenvalue weighted by molar-refractivity contribution is -0.384. The quantitative estimate of drug-likeness (QED) is 0.415. The van der Waals surface area contributed by atoms with Crippen LogP contribution in [-0.2, 0) is 4.79 Å². The third-order valence-electron chi connectivity index (χ3n) is 4.31. The predicted molar refractivity (Wildman–Crippen MR) is 106 cm³/mol. The fourth-order valence-corrected chi connectivity index (χ4v) is 2.44. The highest BCUT2D eigenvalue weighted by Gasteiger charge is 2.26. The van der Waals surface area contributed by atoms with Crippen LogP contribution in [0.25, 0.3) is 0 Å². The molecule has 2 rings (SSSR count). The molecule has 0 heterocycles. The lowest BCUT2D eigenvalue weighted by Crippen LogP contribution is -2.49. The van der Waals surface area contributed by atoms with E-state index in [1.807, 2.05) is 19.9 Å². The molecular weight excluding hydrogens is 360 g/mol. The Morgan fingerprint density at radius 2 is 1.79 bits per heavy atom. The molecule has 0 aliphatic rings. The second-order valence-electron chi connectivity index (χ2n) is 6.29. The lowest BCUT2D eigenvalue weighted by atomic mass is 9.98. The Hall–Kier alpha value is -3.55. The Balaban J connectivity index is 2.02. The molecule has 28 heavy (non-hydrogen) atoms. The van der Waals surface area contributed by atoms with Crippen LogP contribution in [0.4, 0.5) is 5.69 Å². The van der Waals surface area contributed by atoms with Crippen molar-refractivity contribution in [2.45, 2.75) is 26.3 Å². The van der Waals surface area contributed by atoms with Gasteiger partial charge in [0.15, 0.2) is 0 Å². The summed E-state index contributed by atoms with van der Waals surface area (Å²) >= 11 is 0. The van der Waals surface area contributed by atoms with E-state index in [0.29, 0.717) is 17.5 Å². The SMILES string of the molecule is CCC(C)C(NC(=O)c1ccccc1)C(=O)N/N=C/c1ccc([N+](=O)[O-])cc1. The third kappa shape index (κ3) is 5.73. The highest BCUT2D eigenvalue weighted by Crippen LogP contribution is 2.11. The maximum atomic E-state index is 12.5. The number of hydrazone groups is 1. The van der Waals surface area contributed by atoms with Crippen molar-refractivity contribution in [2.24, 2.45) is 11.0 Å². The van der Waals surface area contributed by atoms with Crippen LogP contribution in [0, 0.1) is 16.0 Å². The highest BCUT2D eigenvalue weighted by molar-refractivity contribution is 5.97. The van der Waals surface area contributed by atoms with Crippen LogP contribution in [0.15, 0.2) is 59.7 Å². The van der Waals surface area contributed by atoms with Gasteiger partial charge in [-0.2, -0.15) is 5.10 Å². The maximum Gasteiger partial charge on any atom is 0.269 e. The minimum absolute atomic E-state index is 0.0263. The molecule has 0 aromatic heterocycles. The Morgan fingerprint density at radius 1 is 1.14 bits per heavy atom. The van der Waals surface area contributed by atoms with Crippen molar-refractivity contribution in [2.75, 3.05) is 0 Å². The summed E-state index contributed by atoms with van der Waals surface area (Å²) in [7, 11) is 0. The number of nitro benzene ring substituents is 1. The first kappa shape index (κ1) is 20.8. The van der Waals surface area contributed by atoms with Gasteiger partial charge in [0.05, 0.1) is 11.1 Å². The van der Waals surface area contributed by atoms with Crippen LogP contribution >= 0.6 is 0 Å². The summed E-state index contributed by atoms with van der Waals surface area (Å²) in [6, 6.07) is 13.7.